The van der Waals surface area contributed by atoms with Gasteiger partial charge in [-0.2, -0.15) is 0 Å². The predicted molar refractivity (Wildman–Crippen MR) is 362 cm³/mol. The molecular weight excluding hydrogens is 1020 g/mol. The lowest BCUT2D eigenvalue weighted by Crippen LogP contribution is -2.14. The van der Waals surface area contributed by atoms with Gasteiger partial charge in [-0.3, -0.25) is 0 Å². The number of para-hydroxylation sites is 2. The van der Waals surface area contributed by atoms with E-state index >= 15 is 0 Å². The standard InChI is InChI=1S/C80H70N4/c1-49(2)53-29-41-69(63(45-53)51-21-13-11-14-22-51)81(57-35-31-55(32-36-57)79(5,6)7)71-43-39-59-65-47-74-66(48-73(65)83-67-27-19-17-25-61(67)75(71)77(59)83)60-40-44-72(76-62-26-18-20-28-68(62)84(74)78(60)76)82(58-37-33-56(34-38-58)80(8,9)10)70-42-30-54(50(3)4)46-64(70)52-23-15-12-16-24-52/h11-50H,1-10H3. The zero-order valence-corrected chi connectivity index (χ0v) is 49.9. The molecule has 0 aliphatic rings. The lowest BCUT2D eigenvalue weighted by Gasteiger charge is -2.30. The quantitative estimate of drug-likeness (QED) is 0.136. The Hall–Kier alpha value is -9.38. The SMILES string of the molecule is CC(C)c1ccc(N(c2ccc(C(C)(C)C)cc2)c2ccc3c4cc5c(cc4n4c6ccccc6c2c34)c2ccc(N(c3ccc(C(C)(C)C)cc3)c3ccc(C(C)C)cc3-c3ccccc3)c3c4ccccc4n5c23)c(-c2ccccc2)c1. The molecule has 4 heterocycles. The Labute approximate surface area is 493 Å². The fraction of sp³-hybridized carbons (Fsp3) is 0.175. The second kappa shape index (κ2) is 19.1. The summed E-state index contributed by atoms with van der Waals surface area (Å²) in [5.74, 6) is 0.751. The first kappa shape index (κ1) is 51.5. The first-order chi connectivity index (χ1) is 40.6. The van der Waals surface area contributed by atoms with E-state index in [2.05, 4.69) is 318 Å². The van der Waals surface area contributed by atoms with Crippen LogP contribution in [0.2, 0.25) is 0 Å². The minimum atomic E-state index is 0.0120. The fourth-order valence-electron chi connectivity index (χ4n) is 13.8. The van der Waals surface area contributed by atoms with Crippen molar-refractivity contribution in [3.63, 3.8) is 0 Å². The summed E-state index contributed by atoms with van der Waals surface area (Å²) in [6, 6.07) is 87.6. The highest BCUT2D eigenvalue weighted by atomic mass is 15.2. The van der Waals surface area contributed by atoms with Gasteiger partial charge < -0.3 is 18.6 Å². The average molecular weight is 1090 g/mol. The van der Waals surface area contributed by atoms with Crippen LogP contribution in [-0.2, 0) is 10.8 Å². The van der Waals surface area contributed by atoms with Crippen molar-refractivity contribution in [2.24, 2.45) is 0 Å². The van der Waals surface area contributed by atoms with E-state index in [0.29, 0.717) is 11.8 Å². The second-order valence-corrected chi connectivity index (χ2v) is 26.2. The predicted octanol–water partition coefficient (Wildman–Crippen LogP) is 23.1. The number of fused-ring (bicyclic) bond motifs is 12. The molecule has 0 amide bonds. The molecule has 4 heteroatoms. The summed E-state index contributed by atoms with van der Waals surface area (Å²) < 4.78 is 5.15. The van der Waals surface area contributed by atoms with Crippen molar-refractivity contribution in [3.8, 4) is 22.3 Å². The molecule has 410 valence electrons. The number of nitrogens with zero attached hydrogens (tertiary/aromatic N) is 4. The summed E-state index contributed by atoms with van der Waals surface area (Å²) >= 11 is 0. The molecule has 0 unspecified atom stereocenters. The van der Waals surface area contributed by atoms with Crippen LogP contribution < -0.4 is 9.80 Å². The van der Waals surface area contributed by atoms with E-state index in [0.717, 1.165) is 34.1 Å². The molecule has 0 spiro atoms. The molecule has 11 aromatic carbocycles. The Morgan fingerprint density at radius 3 is 1.04 bits per heavy atom. The summed E-state index contributed by atoms with van der Waals surface area (Å²) in [5.41, 5.74) is 24.3. The van der Waals surface area contributed by atoms with E-state index < -0.39 is 0 Å². The number of aromatic nitrogens is 2. The van der Waals surface area contributed by atoms with Gasteiger partial charge in [-0.1, -0.05) is 215 Å². The third-order valence-electron chi connectivity index (χ3n) is 18.3. The van der Waals surface area contributed by atoms with Gasteiger partial charge in [0.1, 0.15) is 0 Å². The summed E-state index contributed by atoms with van der Waals surface area (Å²) in [7, 11) is 0. The number of hydrogen-bond acceptors (Lipinski definition) is 2. The van der Waals surface area contributed by atoms with Crippen LogP contribution >= 0.6 is 0 Å². The molecule has 0 radical (unpaired) electrons. The molecule has 0 saturated heterocycles. The zero-order valence-electron chi connectivity index (χ0n) is 49.9. The van der Waals surface area contributed by atoms with Crippen molar-refractivity contribution in [3.05, 3.63) is 253 Å². The largest absolute Gasteiger partial charge is 0.309 e. The van der Waals surface area contributed by atoms with Crippen LogP contribution in [0.15, 0.2) is 231 Å². The Balaban J connectivity index is 1.00. The van der Waals surface area contributed by atoms with Crippen molar-refractivity contribution in [2.45, 2.75) is 91.9 Å². The summed E-state index contributed by atoms with van der Waals surface area (Å²) in [5, 5.41) is 9.96. The molecule has 4 nitrogen and oxygen atoms in total. The smallest absolute Gasteiger partial charge is 0.0641 e. The maximum absolute atomic E-state index is 2.58. The van der Waals surface area contributed by atoms with Gasteiger partial charge in [0.25, 0.3) is 0 Å². The third kappa shape index (κ3) is 7.94. The molecule has 4 aromatic heterocycles. The van der Waals surface area contributed by atoms with Crippen molar-refractivity contribution in [2.75, 3.05) is 9.80 Å². The van der Waals surface area contributed by atoms with Gasteiger partial charge in [-0.15, -0.1) is 0 Å². The molecule has 0 bridgehead atoms. The molecule has 0 saturated carbocycles. The van der Waals surface area contributed by atoms with Crippen LogP contribution in [0.25, 0.3) is 98.4 Å². The van der Waals surface area contributed by atoms with Crippen molar-refractivity contribution in [1.82, 2.24) is 8.80 Å². The Morgan fingerprint density at radius 1 is 0.310 bits per heavy atom. The van der Waals surface area contributed by atoms with Gasteiger partial charge in [-0.25, -0.2) is 0 Å². The molecule has 0 fully saturated rings. The van der Waals surface area contributed by atoms with Crippen molar-refractivity contribution in [1.29, 1.82) is 0 Å². The number of hydrogen-bond donors (Lipinski definition) is 0. The number of anilines is 6. The maximum Gasteiger partial charge on any atom is 0.0641 e. The van der Waals surface area contributed by atoms with Crippen LogP contribution in [0.4, 0.5) is 34.1 Å². The highest BCUT2D eigenvalue weighted by molar-refractivity contribution is 6.32. The molecule has 0 aliphatic heterocycles. The van der Waals surface area contributed by atoms with Crippen LogP contribution in [0, 0.1) is 0 Å². The van der Waals surface area contributed by atoms with E-state index in [1.165, 1.54) is 121 Å². The van der Waals surface area contributed by atoms with Gasteiger partial charge in [0.15, 0.2) is 0 Å². The van der Waals surface area contributed by atoms with Crippen LogP contribution in [0.5, 0.6) is 0 Å². The Bertz CT molecular complexity index is 4690. The van der Waals surface area contributed by atoms with E-state index in [1.54, 1.807) is 0 Å². The van der Waals surface area contributed by atoms with Gasteiger partial charge in [0.05, 0.1) is 55.8 Å². The molecule has 0 N–H and O–H groups in total. The third-order valence-corrected chi connectivity index (χ3v) is 18.3. The average Bonchev–Trinajstić information content (AvgIpc) is 1.73. The van der Waals surface area contributed by atoms with E-state index in [-0.39, 0.29) is 10.8 Å². The maximum atomic E-state index is 2.58. The normalized spacial score (nSPS) is 12.6. The van der Waals surface area contributed by atoms with Gasteiger partial charge in [0.2, 0.25) is 0 Å². The molecular formula is C80H70N4. The molecule has 0 aliphatic carbocycles. The van der Waals surface area contributed by atoms with Crippen molar-refractivity contribution >= 4 is 110 Å². The second-order valence-electron chi connectivity index (χ2n) is 26.2. The lowest BCUT2D eigenvalue weighted by molar-refractivity contribution is 0.590. The van der Waals surface area contributed by atoms with Crippen molar-refractivity contribution < 1.29 is 0 Å². The van der Waals surface area contributed by atoms with Gasteiger partial charge in [-0.05, 0) is 141 Å². The first-order valence-electron chi connectivity index (χ1n) is 30.1. The molecule has 15 aromatic rings. The summed E-state index contributed by atoms with van der Waals surface area (Å²) in [4.78, 5) is 5.08. The highest BCUT2D eigenvalue weighted by Crippen LogP contribution is 2.53. The Kier molecular flexibility index (Phi) is 11.7. The minimum absolute atomic E-state index is 0.0120. The molecule has 84 heavy (non-hydrogen) atoms. The summed E-state index contributed by atoms with van der Waals surface area (Å²) in [6.07, 6.45) is 0. The van der Waals surface area contributed by atoms with Gasteiger partial charge >= 0.3 is 0 Å². The first-order valence-corrected chi connectivity index (χ1v) is 30.1. The molecule has 0 atom stereocenters. The highest BCUT2D eigenvalue weighted by Gasteiger charge is 2.30. The monoisotopic (exact) mass is 1090 g/mol. The Morgan fingerprint density at radius 2 is 0.667 bits per heavy atom. The topological polar surface area (TPSA) is 15.3 Å². The van der Waals surface area contributed by atoms with E-state index in [4.69, 9.17) is 0 Å². The summed E-state index contributed by atoms with van der Waals surface area (Å²) in [6.45, 7) is 23.0. The fourth-order valence-corrected chi connectivity index (χ4v) is 13.8. The van der Waals surface area contributed by atoms with Gasteiger partial charge in [0, 0.05) is 65.6 Å². The minimum Gasteiger partial charge on any atom is -0.309 e. The van der Waals surface area contributed by atoms with E-state index in [1.807, 2.05) is 0 Å². The molecule has 15 rings (SSSR count). The number of rotatable bonds is 10. The van der Waals surface area contributed by atoms with E-state index in [9.17, 15) is 0 Å². The van der Waals surface area contributed by atoms with Crippen LogP contribution in [-0.4, -0.2) is 8.80 Å². The number of benzene rings is 11. The van der Waals surface area contributed by atoms with Crippen LogP contribution in [0.3, 0.4) is 0 Å². The van der Waals surface area contributed by atoms with Crippen LogP contribution in [0.1, 0.15) is 103 Å². The zero-order chi connectivity index (χ0) is 57.5. The lowest BCUT2D eigenvalue weighted by atomic mass is 9.87.